The van der Waals surface area contributed by atoms with Crippen molar-refractivity contribution in [2.24, 2.45) is 5.73 Å². The largest absolute Gasteiger partial charge is 0.398 e. The zero-order valence-electron chi connectivity index (χ0n) is 12.8. The molecule has 1 aromatic carbocycles. The highest BCUT2D eigenvalue weighted by atomic mass is 32.1. The predicted molar refractivity (Wildman–Crippen MR) is 90.7 cm³/mol. The van der Waals surface area contributed by atoms with Gasteiger partial charge in [0.1, 0.15) is 10.7 Å². The van der Waals surface area contributed by atoms with Crippen LogP contribution in [0.25, 0.3) is 4.96 Å². The van der Waals surface area contributed by atoms with Crippen molar-refractivity contribution in [3.05, 3.63) is 50.4 Å². The quantitative estimate of drug-likeness (QED) is 0.673. The first-order valence-corrected chi connectivity index (χ1v) is 8.19. The third-order valence-corrected chi connectivity index (χ3v) is 4.51. The molecule has 0 aliphatic carbocycles. The molecule has 0 unspecified atom stereocenters. The summed E-state index contributed by atoms with van der Waals surface area (Å²) in [4.78, 5) is 13.0. The number of nitrogen functional groups attached to an aromatic ring is 1. The van der Waals surface area contributed by atoms with Crippen LogP contribution < -0.4 is 17.0 Å². The Labute approximate surface area is 137 Å². The zero-order chi connectivity index (χ0) is 16.4. The molecule has 0 amide bonds. The van der Waals surface area contributed by atoms with Crippen LogP contribution in [0.3, 0.4) is 0 Å². The van der Waals surface area contributed by atoms with E-state index in [1.54, 1.807) is 0 Å². The van der Waals surface area contributed by atoms with Gasteiger partial charge in [-0.2, -0.15) is 9.61 Å². The minimum atomic E-state index is -0.245. The number of fused-ring (bicyclic) bond motifs is 1. The van der Waals surface area contributed by atoms with E-state index in [1.807, 2.05) is 25.1 Å². The number of benzene rings is 1. The van der Waals surface area contributed by atoms with Crippen molar-refractivity contribution in [2.45, 2.75) is 26.2 Å². The smallest absolute Gasteiger partial charge is 0.297 e. The molecule has 23 heavy (non-hydrogen) atoms. The molecule has 0 radical (unpaired) electrons. The summed E-state index contributed by atoms with van der Waals surface area (Å²) in [7, 11) is 0. The van der Waals surface area contributed by atoms with E-state index in [2.05, 4.69) is 15.3 Å². The second-order valence-corrected chi connectivity index (χ2v) is 6.45. The fourth-order valence-electron chi connectivity index (χ4n) is 2.31. The Balaban J connectivity index is 1.95. The lowest BCUT2D eigenvalue weighted by Gasteiger charge is -2.05. The van der Waals surface area contributed by atoms with Gasteiger partial charge in [-0.25, -0.2) is 0 Å². The molecule has 0 bridgehead atoms. The van der Waals surface area contributed by atoms with E-state index in [0.29, 0.717) is 29.3 Å². The molecule has 0 atom stereocenters. The Morgan fingerprint density at radius 3 is 2.87 bits per heavy atom. The number of aromatic nitrogens is 4. The average molecular weight is 330 g/mol. The molecule has 3 aromatic rings. The first-order chi connectivity index (χ1) is 11.1. The van der Waals surface area contributed by atoms with Crippen molar-refractivity contribution < 1.29 is 0 Å². The summed E-state index contributed by atoms with van der Waals surface area (Å²) in [6.45, 7) is 2.56. The van der Waals surface area contributed by atoms with Gasteiger partial charge < -0.3 is 11.5 Å². The maximum atomic E-state index is 12.5. The number of rotatable bonds is 5. The Morgan fingerprint density at radius 1 is 1.30 bits per heavy atom. The van der Waals surface area contributed by atoms with Crippen LogP contribution in [0.4, 0.5) is 5.69 Å². The molecule has 0 spiro atoms. The summed E-state index contributed by atoms with van der Waals surface area (Å²) in [6, 6.07) is 5.75. The lowest BCUT2D eigenvalue weighted by Crippen LogP contribution is -2.22. The molecule has 0 saturated heterocycles. The number of aryl methyl sites for hydroxylation is 2. The van der Waals surface area contributed by atoms with Crippen LogP contribution in [0.5, 0.6) is 0 Å². The Morgan fingerprint density at radius 2 is 2.13 bits per heavy atom. The van der Waals surface area contributed by atoms with E-state index >= 15 is 0 Å². The van der Waals surface area contributed by atoms with Crippen molar-refractivity contribution in [2.75, 3.05) is 12.3 Å². The van der Waals surface area contributed by atoms with Gasteiger partial charge >= 0.3 is 0 Å². The topological polar surface area (TPSA) is 112 Å². The minimum Gasteiger partial charge on any atom is -0.398 e. The maximum Gasteiger partial charge on any atom is 0.297 e. The van der Waals surface area contributed by atoms with Crippen molar-refractivity contribution in [3.8, 4) is 0 Å². The zero-order valence-corrected chi connectivity index (χ0v) is 13.6. The molecule has 4 N–H and O–H groups in total. The van der Waals surface area contributed by atoms with E-state index in [4.69, 9.17) is 11.5 Å². The molecule has 3 rings (SSSR count). The molecular formula is C15H18N6OS. The van der Waals surface area contributed by atoms with Gasteiger partial charge in [0.2, 0.25) is 4.96 Å². The molecule has 0 aliphatic rings. The van der Waals surface area contributed by atoms with Crippen LogP contribution in [-0.2, 0) is 12.8 Å². The van der Waals surface area contributed by atoms with Crippen LogP contribution in [0, 0.1) is 6.92 Å². The molecule has 2 aromatic heterocycles. The molecule has 7 nitrogen and oxygen atoms in total. The number of hydrogen-bond donors (Lipinski definition) is 2. The highest BCUT2D eigenvalue weighted by Crippen LogP contribution is 2.17. The van der Waals surface area contributed by atoms with Gasteiger partial charge in [0, 0.05) is 18.5 Å². The highest BCUT2D eigenvalue weighted by molar-refractivity contribution is 7.16. The van der Waals surface area contributed by atoms with E-state index < -0.39 is 0 Å². The van der Waals surface area contributed by atoms with Crippen LogP contribution in [0.15, 0.2) is 23.0 Å². The summed E-state index contributed by atoms with van der Waals surface area (Å²) >= 11 is 1.37. The SMILES string of the molecule is Cc1ccc(Cc2nnc3sc(CCCN)nn3c2=O)c(N)c1. The van der Waals surface area contributed by atoms with Gasteiger partial charge in [0.25, 0.3) is 5.56 Å². The van der Waals surface area contributed by atoms with Crippen LogP contribution in [-0.4, -0.2) is 26.4 Å². The average Bonchev–Trinajstić information content (AvgIpc) is 2.94. The molecule has 0 aliphatic heterocycles. The van der Waals surface area contributed by atoms with E-state index in [-0.39, 0.29) is 5.56 Å². The minimum absolute atomic E-state index is 0.245. The predicted octanol–water partition coefficient (Wildman–Crippen LogP) is 0.919. The van der Waals surface area contributed by atoms with Gasteiger partial charge in [-0.1, -0.05) is 23.5 Å². The second-order valence-electron chi connectivity index (χ2n) is 5.41. The third-order valence-electron chi connectivity index (χ3n) is 3.55. The second kappa shape index (κ2) is 6.43. The molecule has 8 heteroatoms. The Kier molecular flexibility index (Phi) is 4.35. The molecule has 2 heterocycles. The van der Waals surface area contributed by atoms with Crippen LogP contribution in [0.2, 0.25) is 0 Å². The van der Waals surface area contributed by atoms with Gasteiger partial charge in [0.05, 0.1) is 0 Å². The summed E-state index contributed by atoms with van der Waals surface area (Å²) < 4.78 is 1.32. The van der Waals surface area contributed by atoms with Crippen LogP contribution >= 0.6 is 11.3 Å². The van der Waals surface area contributed by atoms with Gasteiger partial charge in [0.15, 0.2) is 0 Å². The summed E-state index contributed by atoms with van der Waals surface area (Å²) in [5.74, 6) is 0. The van der Waals surface area contributed by atoms with E-state index in [1.165, 1.54) is 15.9 Å². The Bertz CT molecular complexity index is 901. The van der Waals surface area contributed by atoms with Crippen LogP contribution in [0.1, 0.15) is 28.2 Å². The fourth-order valence-corrected chi connectivity index (χ4v) is 3.18. The number of nitrogens with zero attached hydrogens (tertiary/aromatic N) is 4. The first-order valence-electron chi connectivity index (χ1n) is 7.38. The first kappa shape index (κ1) is 15.6. The number of nitrogens with two attached hydrogens (primary N) is 2. The summed E-state index contributed by atoms with van der Waals surface area (Å²) in [5, 5.41) is 13.3. The van der Waals surface area contributed by atoms with Gasteiger partial charge in [-0.15, -0.1) is 10.2 Å². The van der Waals surface area contributed by atoms with Gasteiger partial charge in [-0.3, -0.25) is 4.79 Å². The number of anilines is 1. The standard InChI is InChI=1S/C15H18N6OS/c1-9-4-5-10(11(17)7-9)8-12-14(22)21-15(19-18-12)23-13(20-21)3-2-6-16/h4-5,7H,2-3,6,8,16-17H2,1H3. The fraction of sp³-hybridized carbons (Fsp3) is 0.333. The highest BCUT2D eigenvalue weighted by Gasteiger charge is 2.13. The molecular weight excluding hydrogens is 312 g/mol. The number of hydrogen-bond acceptors (Lipinski definition) is 7. The normalized spacial score (nSPS) is 11.2. The van der Waals surface area contributed by atoms with Crippen molar-refractivity contribution in [1.29, 1.82) is 0 Å². The lowest BCUT2D eigenvalue weighted by molar-refractivity contribution is 0.763. The van der Waals surface area contributed by atoms with Crippen molar-refractivity contribution >= 4 is 22.0 Å². The monoisotopic (exact) mass is 330 g/mol. The van der Waals surface area contributed by atoms with Gasteiger partial charge in [-0.05, 0) is 37.1 Å². The lowest BCUT2D eigenvalue weighted by atomic mass is 10.1. The molecule has 0 saturated carbocycles. The molecule has 120 valence electrons. The molecule has 0 fully saturated rings. The van der Waals surface area contributed by atoms with E-state index in [9.17, 15) is 4.79 Å². The maximum absolute atomic E-state index is 12.5. The van der Waals surface area contributed by atoms with Crippen molar-refractivity contribution in [3.63, 3.8) is 0 Å². The van der Waals surface area contributed by atoms with E-state index in [0.717, 1.165) is 29.0 Å². The summed E-state index contributed by atoms with van der Waals surface area (Å²) in [5.41, 5.74) is 14.2. The Hall–Kier alpha value is -2.32. The van der Waals surface area contributed by atoms with Crippen molar-refractivity contribution in [1.82, 2.24) is 19.8 Å². The third kappa shape index (κ3) is 3.22. The summed E-state index contributed by atoms with van der Waals surface area (Å²) in [6.07, 6.45) is 1.91.